The fraction of sp³-hybridized carbons (Fsp3) is 0.290. The van der Waals surface area contributed by atoms with E-state index < -0.39 is 91.0 Å². The number of Topliss-reactive ketones (excluding diaryl/α,β-unsaturated/α-hetero) is 2. The van der Waals surface area contributed by atoms with Gasteiger partial charge in [0.25, 0.3) is 0 Å². The van der Waals surface area contributed by atoms with E-state index in [1.807, 2.05) is 121 Å². The fourth-order valence-electron chi connectivity index (χ4n) is 10.0. The first kappa shape index (κ1) is 64.6. The van der Waals surface area contributed by atoms with E-state index in [9.17, 15) is 38.7 Å². The largest absolute Gasteiger partial charge is 0.459 e. The van der Waals surface area contributed by atoms with E-state index in [-0.39, 0.29) is 63.7 Å². The Labute approximate surface area is 510 Å². The summed E-state index contributed by atoms with van der Waals surface area (Å²) in [5.41, 5.74) is 4.29. The number of alkyl carbamates (subject to hydrolysis) is 2. The number of ether oxygens (including phenoxy) is 9. The summed E-state index contributed by atoms with van der Waals surface area (Å²) in [6.07, 6.45) is -7.30. The number of esters is 3. The van der Waals surface area contributed by atoms with Crippen molar-refractivity contribution >= 4 is 41.7 Å². The highest BCUT2D eigenvalue weighted by Gasteiger charge is 2.50. The molecule has 0 radical (unpaired) electrons. The lowest BCUT2D eigenvalue weighted by molar-refractivity contribution is -0.155. The van der Waals surface area contributed by atoms with Gasteiger partial charge in [0.1, 0.15) is 44.7 Å². The Bertz CT molecular complexity index is 3310. The number of amides is 2. The Kier molecular flexibility index (Phi) is 24.6. The van der Waals surface area contributed by atoms with Gasteiger partial charge in [-0.05, 0) is 71.5 Å². The van der Waals surface area contributed by atoms with E-state index in [1.165, 1.54) is 14.2 Å². The number of ketones is 2. The molecule has 2 amide bonds. The van der Waals surface area contributed by atoms with Gasteiger partial charge in [0.05, 0.1) is 28.8 Å². The molecule has 7 aromatic carbocycles. The second kappa shape index (κ2) is 33.5. The summed E-state index contributed by atoms with van der Waals surface area (Å²) in [6.45, 7) is -0.338. The Hall–Kier alpha value is -9.37. The minimum atomic E-state index is -1.14. The molecule has 0 aromatic heterocycles. The third kappa shape index (κ3) is 19.3. The summed E-state index contributed by atoms with van der Waals surface area (Å²) in [7, 11) is 2.78. The number of hydrogen-bond donors (Lipinski definition) is 3. The maximum Gasteiger partial charge on any atom is 0.408 e. The molecule has 9 rings (SSSR count). The number of rotatable bonds is 26. The Morgan fingerprint density at radius 1 is 0.420 bits per heavy atom. The lowest BCUT2D eigenvalue weighted by atomic mass is 9.88. The molecular weight excluding hydrogens is 1130 g/mol. The lowest BCUT2D eigenvalue weighted by Crippen LogP contribution is -2.45. The normalized spacial score (nSPS) is 19.9. The molecule has 19 nitrogen and oxygen atoms in total. The average Bonchev–Trinajstić information content (AvgIpc) is 2.78. The molecule has 2 unspecified atom stereocenters. The predicted molar refractivity (Wildman–Crippen MR) is 320 cm³/mol. The van der Waals surface area contributed by atoms with E-state index in [2.05, 4.69) is 10.6 Å². The van der Waals surface area contributed by atoms with Crippen LogP contribution in [0, 0.1) is 11.8 Å². The zero-order valence-corrected chi connectivity index (χ0v) is 48.6. The first-order valence-corrected chi connectivity index (χ1v) is 28.7. The molecule has 3 N–H and O–H groups in total. The van der Waals surface area contributed by atoms with Gasteiger partial charge in [-0.2, -0.15) is 0 Å². The van der Waals surface area contributed by atoms with Crippen LogP contribution in [0.3, 0.4) is 0 Å². The molecule has 2 aliphatic heterocycles. The summed E-state index contributed by atoms with van der Waals surface area (Å²) < 4.78 is 50.3. The zero-order chi connectivity index (χ0) is 62.0. The monoisotopic (exact) mass is 1200 g/mol. The number of methoxy groups -OCH3 is 2. The van der Waals surface area contributed by atoms with Crippen molar-refractivity contribution < 1.29 is 81.3 Å². The van der Waals surface area contributed by atoms with E-state index in [0.717, 1.165) is 22.3 Å². The van der Waals surface area contributed by atoms with Crippen molar-refractivity contribution in [2.24, 2.45) is 11.8 Å². The van der Waals surface area contributed by atoms with Gasteiger partial charge >= 0.3 is 30.1 Å². The molecule has 2 heterocycles. The molecule has 10 atom stereocenters. The van der Waals surface area contributed by atoms with Crippen LogP contribution < -0.4 is 10.6 Å². The maximum atomic E-state index is 14.1. The van der Waals surface area contributed by atoms with Crippen LogP contribution in [0.4, 0.5) is 9.59 Å². The van der Waals surface area contributed by atoms with Crippen molar-refractivity contribution in [3.05, 3.63) is 251 Å². The van der Waals surface area contributed by atoms with Crippen LogP contribution >= 0.6 is 0 Å². The van der Waals surface area contributed by atoms with Crippen molar-refractivity contribution in [1.82, 2.24) is 10.6 Å². The fourth-order valence-corrected chi connectivity index (χ4v) is 10.0. The van der Waals surface area contributed by atoms with Crippen molar-refractivity contribution in [2.75, 3.05) is 27.4 Å². The Morgan fingerprint density at radius 3 is 1.14 bits per heavy atom. The molecule has 0 aliphatic carbocycles. The Balaban J connectivity index is 0.000000232. The summed E-state index contributed by atoms with van der Waals surface area (Å²) in [6, 6.07) is 60.4. The number of nitrogens with one attached hydrogen (secondary N) is 2. The minimum Gasteiger partial charge on any atom is -0.459 e. The van der Waals surface area contributed by atoms with Crippen molar-refractivity contribution in [3.63, 3.8) is 0 Å². The van der Waals surface area contributed by atoms with Crippen LogP contribution in [-0.4, -0.2) is 123 Å². The van der Waals surface area contributed by atoms with E-state index >= 15 is 0 Å². The molecule has 19 heteroatoms. The highest BCUT2D eigenvalue weighted by Crippen LogP contribution is 2.35. The van der Waals surface area contributed by atoms with Crippen LogP contribution in [0.2, 0.25) is 0 Å². The Morgan fingerprint density at radius 2 is 0.750 bits per heavy atom. The molecule has 0 bridgehead atoms. The second-order valence-electron chi connectivity index (χ2n) is 20.8. The quantitative estimate of drug-likeness (QED) is 0.0338. The number of carbonyl (C=O) groups excluding carboxylic acids is 7. The predicted octanol–water partition coefficient (Wildman–Crippen LogP) is 9.24. The first-order chi connectivity index (χ1) is 42.8. The number of aliphatic hydroxyl groups is 1. The smallest absolute Gasteiger partial charge is 0.408 e. The average molecular weight is 1200 g/mol. The number of hydrogen-bond acceptors (Lipinski definition) is 17. The van der Waals surface area contributed by atoms with E-state index in [4.69, 9.17) is 42.6 Å². The molecule has 2 saturated heterocycles. The molecule has 458 valence electrons. The zero-order valence-electron chi connectivity index (χ0n) is 48.6. The van der Waals surface area contributed by atoms with Gasteiger partial charge in [0, 0.05) is 38.9 Å². The molecule has 0 spiro atoms. The highest BCUT2D eigenvalue weighted by molar-refractivity contribution is 5.91. The maximum absolute atomic E-state index is 14.1. The molecule has 2 fully saturated rings. The van der Waals surface area contributed by atoms with Crippen LogP contribution in [0.15, 0.2) is 212 Å². The SMILES string of the molecule is CO[C@@H]1O[C@H](COC(=O)c2ccccc2)[C@H](CC(=O)[C@H](Cc2ccccc2)NC(=O)OCc2ccccc2)C1O.CO[C@@H]1O[C@H](COC(=O)c2ccccc2)[C@H](CC(=O)[C@H](Cc2ccccc2)NC(=O)OCc2ccccc2)C1OC(=O)c1ccccc1. The van der Waals surface area contributed by atoms with Gasteiger partial charge < -0.3 is 58.4 Å². The third-order valence-electron chi connectivity index (χ3n) is 14.7. The van der Waals surface area contributed by atoms with Gasteiger partial charge in [0.2, 0.25) is 0 Å². The lowest BCUT2D eigenvalue weighted by Gasteiger charge is -2.25. The topological polar surface area (TPSA) is 247 Å². The van der Waals surface area contributed by atoms with Crippen molar-refractivity contribution in [1.29, 1.82) is 0 Å². The van der Waals surface area contributed by atoms with Crippen LogP contribution in [0.1, 0.15) is 66.2 Å². The van der Waals surface area contributed by atoms with Gasteiger partial charge in [-0.15, -0.1) is 0 Å². The van der Waals surface area contributed by atoms with Crippen LogP contribution in [-0.2, 0) is 78.3 Å². The second-order valence-corrected chi connectivity index (χ2v) is 20.8. The molecule has 7 aromatic rings. The van der Waals surface area contributed by atoms with E-state index in [1.54, 1.807) is 91.0 Å². The summed E-state index contributed by atoms with van der Waals surface area (Å²) in [4.78, 5) is 91.7. The van der Waals surface area contributed by atoms with Gasteiger partial charge in [0.15, 0.2) is 30.3 Å². The minimum absolute atomic E-state index is 0.0251. The van der Waals surface area contributed by atoms with Gasteiger partial charge in [-0.25, -0.2) is 24.0 Å². The summed E-state index contributed by atoms with van der Waals surface area (Å²) in [5, 5.41) is 16.3. The third-order valence-corrected chi connectivity index (χ3v) is 14.7. The number of carbonyl (C=O) groups is 7. The molecule has 88 heavy (non-hydrogen) atoms. The number of benzene rings is 7. The van der Waals surface area contributed by atoms with Crippen LogP contribution in [0.25, 0.3) is 0 Å². The van der Waals surface area contributed by atoms with Crippen LogP contribution in [0.5, 0.6) is 0 Å². The molecular formula is C69H70N2O17. The molecule has 2 aliphatic rings. The highest BCUT2D eigenvalue weighted by atomic mass is 16.7. The van der Waals surface area contributed by atoms with Crippen molar-refractivity contribution in [3.8, 4) is 0 Å². The van der Waals surface area contributed by atoms with Crippen molar-refractivity contribution in [2.45, 2.75) is 88.0 Å². The summed E-state index contributed by atoms with van der Waals surface area (Å²) in [5.74, 6) is -3.97. The van der Waals surface area contributed by atoms with Gasteiger partial charge in [-0.3, -0.25) is 9.59 Å². The standard InChI is InChI=1S/C38H37NO9.C31H33NO8/c1-44-37-34(48-36(42)29-20-12-5-13-21-29)30(33(47-37)25-45-35(41)28-18-10-4-11-19-28)23-32(40)31(22-26-14-6-2-7-15-26)39-38(43)46-24-27-16-8-3-9-17-27;1-37-30-28(34)24(27(40-30)20-38-29(35)23-15-9-4-10-16-23)18-26(33)25(17-21-11-5-2-6-12-21)32-31(36)39-19-22-13-7-3-8-14-22/h2-21,30-31,33-34,37H,22-25H2,1H3,(H,39,43);2-16,24-25,27-28,30,34H,17-20H2,1H3,(H,32,36)/t30-,31-,33+,34?,37+;24-,25-,27+,28?,30+/m00/s1. The molecule has 0 saturated carbocycles. The first-order valence-electron chi connectivity index (χ1n) is 28.7. The summed E-state index contributed by atoms with van der Waals surface area (Å²) >= 11 is 0. The van der Waals surface area contributed by atoms with E-state index in [0.29, 0.717) is 16.7 Å². The number of aliphatic hydroxyl groups excluding tert-OH is 1. The van der Waals surface area contributed by atoms with Gasteiger partial charge in [-0.1, -0.05) is 176 Å².